The van der Waals surface area contributed by atoms with Gasteiger partial charge in [-0.1, -0.05) is 89.0 Å². The van der Waals surface area contributed by atoms with Gasteiger partial charge in [0.25, 0.3) is 11.8 Å². The Balaban J connectivity index is 1.39. The van der Waals surface area contributed by atoms with Crippen LogP contribution in [-0.2, 0) is 0 Å². The maximum atomic E-state index is 13.7. The summed E-state index contributed by atoms with van der Waals surface area (Å²) in [6.45, 7) is 3.81. The zero-order valence-corrected chi connectivity index (χ0v) is 21.7. The number of carbonyl (C=O) groups excluding carboxylic acids is 2. The van der Waals surface area contributed by atoms with E-state index >= 15 is 0 Å². The standard InChI is InChI=1S/C31H44N2O2/c1-2-3-4-5-6-7-8-13-22-32-30(34)27-20-21-28(26-18-11-10-17-25(26)27)31(35)33-23-14-16-24-15-9-12-19-29(24)33/h10-11,17-18,20-21,24,29H,2-9,12-16,19,22-23H2,1H3,(H,32,34). The number of benzene rings is 2. The number of carbonyl (C=O) groups is 2. The van der Waals surface area contributed by atoms with Gasteiger partial charge < -0.3 is 10.2 Å². The molecule has 1 saturated carbocycles. The Morgan fingerprint density at radius 3 is 2.20 bits per heavy atom. The van der Waals surface area contributed by atoms with Gasteiger partial charge in [0.05, 0.1) is 0 Å². The Bertz CT molecular complexity index is 983. The summed E-state index contributed by atoms with van der Waals surface area (Å²) in [5, 5.41) is 4.89. The maximum absolute atomic E-state index is 13.7. The first-order chi connectivity index (χ1) is 17.2. The average molecular weight is 477 g/mol. The number of likely N-dealkylation sites (tertiary alicyclic amines) is 1. The molecule has 1 aliphatic carbocycles. The topological polar surface area (TPSA) is 49.4 Å². The van der Waals surface area contributed by atoms with Crippen molar-refractivity contribution in [2.45, 2.75) is 103 Å². The van der Waals surface area contributed by atoms with Crippen LogP contribution in [0.25, 0.3) is 10.8 Å². The van der Waals surface area contributed by atoms with Crippen molar-refractivity contribution >= 4 is 22.6 Å². The molecule has 2 atom stereocenters. The van der Waals surface area contributed by atoms with E-state index < -0.39 is 0 Å². The van der Waals surface area contributed by atoms with Gasteiger partial charge in [-0.2, -0.15) is 0 Å². The molecule has 2 amide bonds. The van der Waals surface area contributed by atoms with Crippen LogP contribution < -0.4 is 5.32 Å². The van der Waals surface area contributed by atoms with E-state index in [1.54, 1.807) is 0 Å². The molecule has 1 heterocycles. The Hall–Kier alpha value is -2.36. The van der Waals surface area contributed by atoms with Crippen LogP contribution in [0.15, 0.2) is 36.4 Å². The van der Waals surface area contributed by atoms with Gasteiger partial charge in [-0.15, -0.1) is 0 Å². The Morgan fingerprint density at radius 2 is 1.43 bits per heavy atom. The van der Waals surface area contributed by atoms with Gasteiger partial charge in [0.15, 0.2) is 0 Å². The first-order valence-corrected chi connectivity index (χ1v) is 14.3. The molecule has 190 valence electrons. The summed E-state index contributed by atoms with van der Waals surface area (Å²) in [7, 11) is 0. The molecule has 1 saturated heterocycles. The van der Waals surface area contributed by atoms with Crippen LogP contribution in [0.5, 0.6) is 0 Å². The van der Waals surface area contributed by atoms with Crippen LogP contribution in [0.4, 0.5) is 0 Å². The van der Waals surface area contributed by atoms with Gasteiger partial charge >= 0.3 is 0 Å². The molecule has 2 aliphatic rings. The molecular formula is C31H44N2O2. The van der Waals surface area contributed by atoms with Crippen LogP contribution in [0.2, 0.25) is 0 Å². The van der Waals surface area contributed by atoms with Gasteiger partial charge in [0.1, 0.15) is 0 Å². The van der Waals surface area contributed by atoms with Crippen LogP contribution >= 0.6 is 0 Å². The predicted molar refractivity (Wildman–Crippen MR) is 145 cm³/mol. The Labute approximate surface area is 211 Å². The largest absolute Gasteiger partial charge is 0.352 e. The minimum Gasteiger partial charge on any atom is -0.352 e. The van der Waals surface area contributed by atoms with Crippen LogP contribution in [0.1, 0.15) is 118 Å². The van der Waals surface area contributed by atoms with E-state index in [4.69, 9.17) is 0 Å². The molecule has 0 bridgehead atoms. The zero-order chi connectivity index (χ0) is 24.5. The van der Waals surface area contributed by atoms with Crippen molar-refractivity contribution in [2.75, 3.05) is 13.1 Å². The molecule has 4 heteroatoms. The highest BCUT2D eigenvalue weighted by molar-refractivity contribution is 6.14. The van der Waals surface area contributed by atoms with E-state index in [1.165, 1.54) is 70.6 Å². The van der Waals surface area contributed by atoms with Gasteiger partial charge in [-0.3, -0.25) is 9.59 Å². The predicted octanol–water partition coefficient (Wildman–Crippen LogP) is 7.51. The van der Waals surface area contributed by atoms with Gasteiger partial charge in [-0.05, 0) is 60.9 Å². The van der Waals surface area contributed by atoms with Crippen LogP contribution in [0.3, 0.4) is 0 Å². The number of nitrogens with zero attached hydrogens (tertiary/aromatic N) is 1. The lowest BCUT2D eigenvalue weighted by atomic mass is 9.78. The van der Waals surface area contributed by atoms with E-state index in [0.29, 0.717) is 24.1 Å². The van der Waals surface area contributed by atoms with E-state index in [2.05, 4.69) is 17.1 Å². The third kappa shape index (κ3) is 6.45. The lowest BCUT2D eigenvalue weighted by Crippen LogP contribution is -2.49. The van der Waals surface area contributed by atoms with E-state index in [0.717, 1.165) is 42.1 Å². The highest BCUT2D eigenvalue weighted by Gasteiger charge is 2.36. The van der Waals surface area contributed by atoms with Crippen molar-refractivity contribution in [3.8, 4) is 0 Å². The van der Waals surface area contributed by atoms with Crippen LogP contribution in [-0.4, -0.2) is 35.8 Å². The number of hydrogen-bond acceptors (Lipinski definition) is 2. The number of unbranched alkanes of at least 4 members (excludes halogenated alkanes) is 7. The van der Waals surface area contributed by atoms with Crippen LogP contribution in [0, 0.1) is 5.92 Å². The molecule has 35 heavy (non-hydrogen) atoms. The summed E-state index contributed by atoms with van der Waals surface area (Å²) in [5.74, 6) is 0.770. The highest BCUT2D eigenvalue weighted by Crippen LogP contribution is 2.36. The van der Waals surface area contributed by atoms with Crippen molar-refractivity contribution < 1.29 is 9.59 Å². The maximum Gasteiger partial charge on any atom is 0.254 e. The molecule has 0 radical (unpaired) electrons. The number of hydrogen-bond donors (Lipinski definition) is 1. The monoisotopic (exact) mass is 476 g/mol. The first kappa shape index (κ1) is 25.7. The summed E-state index contributed by atoms with van der Waals surface area (Å²) < 4.78 is 0. The molecule has 4 nitrogen and oxygen atoms in total. The molecule has 2 unspecified atom stereocenters. The van der Waals surface area contributed by atoms with Gasteiger partial charge in [0.2, 0.25) is 0 Å². The minimum atomic E-state index is -0.0338. The molecule has 2 aromatic carbocycles. The van der Waals surface area contributed by atoms with Gasteiger partial charge in [0, 0.05) is 30.3 Å². The number of piperidine rings is 1. The van der Waals surface area contributed by atoms with Crippen molar-refractivity contribution in [3.63, 3.8) is 0 Å². The highest BCUT2D eigenvalue weighted by atomic mass is 16.2. The molecule has 0 aromatic heterocycles. The SMILES string of the molecule is CCCCCCCCCCNC(=O)c1ccc(C(=O)N2CCCC3CCCCC32)c2ccccc12. The van der Waals surface area contributed by atoms with Crippen molar-refractivity contribution in [3.05, 3.63) is 47.5 Å². The van der Waals surface area contributed by atoms with E-state index in [9.17, 15) is 9.59 Å². The second kappa shape index (κ2) is 13.1. The number of fused-ring (bicyclic) bond motifs is 2. The first-order valence-electron chi connectivity index (χ1n) is 14.3. The summed E-state index contributed by atoms with van der Waals surface area (Å²) in [6, 6.07) is 12.1. The lowest BCUT2D eigenvalue weighted by molar-refractivity contribution is 0.0392. The van der Waals surface area contributed by atoms with Crippen molar-refractivity contribution in [2.24, 2.45) is 5.92 Å². The molecule has 2 aromatic rings. The number of nitrogens with one attached hydrogen (secondary N) is 1. The van der Waals surface area contributed by atoms with Crippen molar-refractivity contribution in [1.82, 2.24) is 10.2 Å². The molecular weight excluding hydrogens is 432 g/mol. The molecule has 4 rings (SSSR count). The Morgan fingerprint density at radius 1 is 0.800 bits per heavy atom. The normalized spacial score (nSPS) is 20.0. The molecule has 2 fully saturated rings. The second-order valence-electron chi connectivity index (χ2n) is 10.7. The average Bonchev–Trinajstić information content (AvgIpc) is 2.90. The third-order valence-corrected chi connectivity index (χ3v) is 8.22. The summed E-state index contributed by atoms with van der Waals surface area (Å²) in [4.78, 5) is 28.9. The smallest absolute Gasteiger partial charge is 0.254 e. The summed E-state index contributed by atoms with van der Waals surface area (Å²) in [5.41, 5.74) is 1.41. The Kier molecular flexibility index (Phi) is 9.62. The summed E-state index contributed by atoms with van der Waals surface area (Å²) >= 11 is 0. The fourth-order valence-corrected chi connectivity index (χ4v) is 6.27. The van der Waals surface area contributed by atoms with Crippen molar-refractivity contribution in [1.29, 1.82) is 0 Å². The van der Waals surface area contributed by atoms with Gasteiger partial charge in [-0.25, -0.2) is 0 Å². The zero-order valence-electron chi connectivity index (χ0n) is 21.7. The fourth-order valence-electron chi connectivity index (χ4n) is 6.27. The molecule has 1 N–H and O–H groups in total. The molecule has 0 spiro atoms. The molecule has 1 aliphatic heterocycles. The lowest BCUT2D eigenvalue weighted by Gasteiger charge is -2.44. The van der Waals surface area contributed by atoms with E-state index in [-0.39, 0.29) is 11.8 Å². The third-order valence-electron chi connectivity index (χ3n) is 8.22. The number of rotatable bonds is 11. The second-order valence-corrected chi connectivity index (χ2v) is 10.7. The fraction of sp³-hybridized carbons (Fsp3) is 0.613. The quantitative estimate of drug-likeness (QED) is 0.341. The minimum absolute atomic E-state index is 0.0338. The number of amides is 2. The summed E-state index contributed by atoms with van der Waals surface area (Å²) in [6.07, 6.45) is 17.3. The van der Waals surface area contributed by atoms with E-state index in [1.807, 2.05) is 36.4 Å².